The maximum absolute atomic E-state index is 12.0. The van der Waals surface area contributed by atoms with Gasteiger partial charge < -0.3 is 20.3 Å². The standard InChI is InChI=1S/C12H25N3O2/c1-14(2)12(6-5-7-12)9-15(3)11(16)10(13)8-17-4/h10H,5-9,13H2,1-4H3. The molecule has 5 nitrogen and oxygen atoms in total. The zero-order valence-electron chi connectivity index (χ0n) is 11.4. The molecule has 1 unspecified atom stereocenters. The maximum Gasteiger partial charge on any atom is 0.241 e. The molecule has 0 aromatic heterocycles. The molecule has 1 amide bonds. The van der Waals surface area contributed by atoms with Gasteiger partial charge in [0.15, 0.2) is 0 Å². The van der Waals surface area contributed by atoms with E-state index in [2.05, 4.69) is 19.0 Å². The van der Waals surface area contributed by atoms with E-state index in [1.807, 2.05) is 7.05 Å². The number of ether oxygens (including phenoxy) is 1. The molecule has 0 heterocycles. The van der Waals surface area contributed by atoms with Crippen molar-refractivity contribution in [2.24, 2.45) is 5.73 Å². The fourth-order valence-corrected chi connectivity index (χ4v) is 2.38. The van der Waals surface area contributed by atoms with Crippen LogP contribution >= 0.6 is 0 Å². The first-order valence-electron chi connectivity index (χ1n) is 6.10. The van der Waals surface area contributed by atoms with E-state index in [0.29, 0.717) is 0 Å². The number of likely N-dealkylation sites (N-methyl/N-ethyl adjacent to an activating group) is 2. The molecular formula is C12H25N3O2. The molecule has 2 N–H and O–H groups in total. The minimum absolute atomic E-state index is 0.0417. The number of hydrogen-bond donors (Lipinski definition) is 1. The van der Waals surface area contributed by atoms with Crippen molar-refractivity contribution in [2.75, 3.05) is 41.4 Å². The van der Waals surface area contributed by atoms with E-state index in [1.165, 1.54) is 6.42 Å². The highest BCUT2D eigenvalue weighted by Gasteiger charge is 2.41. The maximum atomic E-state index is 12.0. The zero-order chi connectivity index (χ0) is 13.1. The third-order valence-corrected chi connectivity index (χ3v) is 3.80. The quantitative estimate of drug-likeness (QED) is 0.708. The van der Waals surface area contributed by atoms with Crippen molar-refractivity contribution in [1.29, 1.82) is 0 Å². The Labute approximate surface area is 104 Å². The van der Waals surface area contributed by atoms with Crippen LogP contribution in [0, 0.1) is 0 Å². The Morgan fingerprint density at radius 3 is 2.35 bits per heavy atom. The molecule has 0 aromatic carbocycles. The van der Waals surface area contributed by atoms with Gasteiger partial charge in [0.1, 0.15) is 6.04 Å². The molecule has 0 radical (unpaired) electrons. The van der Waals surface area contributed by atoms with E-state index in [0.717, 1.165) is 19.4 Å². The van der Waals surface area contributed by atoms with E-state index in [1.54, 1.807) is 12.0 Å². The number of nitrogens with zero attached hydrogens (tertiary/aromatic N) is 2. The highest BCUT2D eigenvalue weighted by Crippen LogP contribution is 2.36. The molecule has 1 aliphatic carbocycles. The number of carbonyl (C=O) groups excluding carboxylic acids is 1. The average Bonchev–Trinajstić information content (AvgIpc) is 2.21. The van der Waals surface area contributed by atoms with Crippen molar-refractivity contribution in [3.05, 3.63) is 0 Å². The highest BCUT2D eigenvalue weighted by molar-refractivity contribution is 5.81. The Morgan fingerprint density at radius 1 is 1.41 bits per heavy atom. The Bertz CT molecular complexity index is 264. The first-order valence-corrected chi connectivity index (χ1v) is 6.10. The topological polar surface area (TPSA) is 58.8 Å². The van der Waals surface area contributed by atoms with Crippen molar-refractivity contribution in [3.8, 4) is 0 Å². The number of nitrogens with two attached hydrogens (primary N) is 1. The molecule has 1 aliphatic rings. The predicted octanol–water partition coefficient (Wildman–Crippen LogP) is -0.0972. The van der Waals surface area contributed by atoms with Crippen LogP contribution in [0.15, 0.2) is 0 Å². The van der Waals surface area contributed by atoms with Gasteiger partial charge in [0.05, 0.1) is 6.61 Å². The minimum atomic E-state index is -0.552. The molecule has 5 heteroatoms. The normalized spacial score (nSPS) is 19.9. The fourth-order valence-electron chi connectivity index (χ4n) is 2.38. The summed E-state index contributed by atoms with van der Waals surface area (Å²) in [5.41, 5.74) is 5.90. The molecule has 0 aliphatic heterocycles. The van der Waals surface area contributed by atoms with Crippen molar-refractivity contribution < 1.29 is 9.53 Å². The lowest BCUT2D eigenvalue weighted by Crippen LogP contribution is -2.59. The second kappa shape index (κ2) is 5.80. The number of carbonyl (C=O) groups is 1. The van der Waals surface area contributed by atoms with Crippen LogP contribution in [-0.2, 0) is 9.53 Å². The smallest absolute Gasteiger partial charge is 0.241 e. The van der Waals surface area contributed by atoms with Gasteiger partial charge in [-0.25, -0.2) is 0 Å². The third kappa shape index (κ3) is 3.18. The number of rotatable bonds is 6. The molecule has 0 bridgehead atoms. The number of hydrogen-bond acceptors (Lipinski definition) is 4. The van der Waals surface area contributed by atoms with Crippen LogP contribution in [0.5, 0.6) is 0 Å². The predicted molar refractivity (Wildman–Crippen MR) is 67.8 cm³/mol. The Hall–Kier alpha value is -0.650. The zero-order valence-corrected chi connectivity index (χ0v) is 11.4. The molecule has 1 saturated carbocycles. The molecule has 1 atom stereocenters. The van der Waals surface area contributed by atoms with Gasteiger partial charge in [0, 0.05) is 26.2 Å². The van der Waals surface area contributed by atoms with Crippen molar-refractivity contribution in [3.63, 3.8) is 0 Å². The summed E-state index contributed by atoms with van der Waals surface area (Å²) in [6, 6.07) is -0.552. The summed E-state index contributed by atoms with van der Waals surface area (Å²) in [6.07, 6.45) is 3.54. The lowest BCUT2D eigenvalue weighted by atomic mass is 9.75. The molecule has 0 spiro atoms. The summed E-state index contributed by atoms with van der Waals surface area (Å²) in [7, 11) is 7.53. The largest absolute Gasteiger partial charge is 0.383 e. The molecule has 0 aromatic rings. The Morgan fingerprint density at radius 2 is 2.00 bits per heavy atom. The molecule has 100 valence electrons. The van der Waals surface area contributed by atoms with Gasteiger partial charge in [0.25, 0.3) is 0 Å². The Balaban J connectivity index is 2.53. The lowest BCUT2D eigenvalue weighted by molar-refractivity contribution is -0.135. The minimum Gasteiger partial charge on any atom is -0.383 e. The lowest BCUT2D eigenvalue weighted by Gasteiger charge is -2.49. The molecule has 0 saturated heterocycles. The summed E-state index contributed by atoms with van der Waals surface area (Å²) in [6.45, 7) is 1.02. The van der Waals surface area contributed by atoms with E-state index in [4.69, 9.17) is 10.5 Å². The van der Waals surface area contributed by atoms with Crippen molar-refractivity contribution in [1.82, 2.24) is 9.80 Å². The molecule has 17 heavy (non-hydrogen) atoms. The van der Waals surface area contributed by atoms with Crippen LogP contribution < -0.4 is 5.73 Å². The van der Waals surface area contributed by atoms with Crippen LogP contribution in [0.2, 0.25) is 0 Å². The van der Waals surface area contributed by atoms with E-state index in [9.17, 15) is 4.79 Å². The second-order valence-corrected chi connectivity index (χ2v) is 5.23. The highest BCUT2D eigenvalue weighted by atomic mass is 16.5. The third-order valence-electron chi connectivity index (χ3n) is 3.80. The summed E-state index contributed by atoms with van der Waals surface area (Å²) in [5, 5.41) is 0. The number of methoxy groups -OCH3 is 1. The van der Waals surface area contributed by atoms with Crippen LogP contribution in [0.1, 0.15) is 19.3 Å². The summed E-state index contributed by atoms with van der Waals surface area (Å²) >= 11 is 0. The van der Waals surface area contributed by atoms with E-state index < -0.39 is 6.04 Å². The fraction of sp³-hybridized carbons (Fsp3) is 0.917. The van der Waals surface area contributed by atoms with Gasteiger partial charge in [0.2, 0.25) is 5.91 Å². The molecule has 1 fully saturated rings. The number of amides is 1. The van der Waals surface area contributed by atoms with E-state index >= 15 is 0 Å². The summed E-state index contributed by atoms with van der Waals surface area (Å²) in [5.74, 6) is -0.0417. The average molecular weight is 243 g/mol. The Kier molecular flexibility index (Phi) is 4.91. The summed E-state index contributed by atoms with van der Waals surface area (Å²) in [4.78, 5) is 15.9. The van der Waals surface area contributed by atoms with Crippen molar-refractivity contribution >= 4 is 5.91 Å². The molecular weight excluding hydrogens is 218 g/mol. The van der Waals surface area contributed by atoms with Crippen LogP contribution in [0.4, 0.5) is 0 Å². The molecule has 1 rings (SSSR count). The van der Waals surface area contributed by atoms with Gasteiger partial charge in [-0.15, -0.1) is 0 Å². The van der Waals surface area contributed by atoms with Gasteiger partial charge in [-0.05, 0) is 33.4 Å². The summed E-state index contributed by atoms with van der Waals surface area (Å²) < 4.78 is 4.91. The second-order valence-electron chi connectivity index (χ2n) is 5.23. The van der Waals surface area contributed by atoms with Crippen LogP contribution in [0.25, 0.3) is 0 Å². The van der Waals surface area contributed by atoms with Crippen LogP contribution in [0.3, 0.4) is 0 Å². The SMILES string of the molecule is COCC(N)C(=O)N(C)CC1(N(C)C)CCC1. The first-order chi connectivity index (χ1) is 7.93. The monoisotopic (exact) mass is 243 g/mol. The van der Waals surface area contributed by atoms with Gasteiger partial charge >= 0.3 is 0 Å². The van der Waals surface area contributed by atoms with Gasteiger partial charge in [-0.3, -0.25) is 4.79 Å². The van der Waals surface area contributed by atoms with Gasteiger partial charge in [-0.2, -0.15) is 0 Å². The van der Waals surface area contributed by atoms with Crippen LogP contribution in [-0.4, -0.2) is 68.7 Å². The van der Waals surface area contributed by atoms with E-state index in [-0.39, 0.29) is 18.1 Å². The van der Waals surface area contributed by atoms with Gasteiger partial charge in [-0.1, -0.05) is 0 Å². The van der Waals surface area contributed by atoms with Crippen molar-refractivity contribution in [2.45, 2.75) is 30.8 Å². The first kappa shape index (κ1) is 14.4.